The maximum Gasteiger partial charge on any atom is 0.311 e. The van der Waals surface area contributed by atoms with Crippen molar-refractivity contribution in [2.45, 2.75) is 50.0 Å². The third kappa shape index (κ3) is 5.32. The first-order valence-electron chi connectivity index (χ1n) is 10.3. The van der Waals surface area contributed by atoms with E-state index in [0.29, 0.717) is 12.5 Å². The Morgan fingerprint density at radius 1 is 1.17 bits per heavy atom. The SMILES string of the molecule is CSc1ccc(N2CC(C(=O)OCC(=O)N(C)C3CCC(C)CC3)CC2=O)cc1. The molecule has 1 atom stereocenters. The molecule has 2 amide bonds. The summed E-state index contributed by atoms with van der Waals surface area (Å²) in [5.74, 6) is -0.556. The fourth-order valence-corrected chi connectivity index (χ4v) is 4.47. The molecular formula is C22H30N2O4S. The summed E-state index contributed by atoms with van der Waals surface area (Å²) in [6, 6.07) is 7.92. The first-order valence-corrected chi connectivity index (χ1v) is 11.5. The molecule has 1 aromatic rings. The minimum Gasteiger partial charge on any atom is -0.455 e. The fourth-order valence-electron chi connectivity index (χ4n) is 4.06. The number of hydrogen-bond acceptors (Lipinski definition) is 5. The highest BCUT2D eigenvalue weighted by Gasteiger charge is 2.36. The molecule has 3 rings (SSSR count). The number of benzene rings is 1. The van der Waals surface area contributed by atoms with Crippen LogP contribution in [0.1, 0.15) is 39.0 Å². The van der Waals surface area contributed by atoms with Crippen LogP contribution in [0.15, 0.2) is 29.2 Å². The zero-order valence-electron chi connectivity index (χ0n) is 17.4. The summed E-state index contributed by atoms with van der Waals surface area (Å²) in [6.07, 6.45) is 6.36. The molecule has 2 fully saturated rings. The zero-order valence-corrected chi connectivity index (χ0v) is 18.2. The van der Waals surface area contributed by atoms with E-state index in [1.54, 1.807) is 28.6 Å². The fraction of sp³-hybridized carbons (Fsp3) is 0.591. The second kappa shape index (κ2) is 9.65. The van der Waals surface area contributed by atoms with Crippen LogP contribution >= 0.6 is 11.8 Å². The van der Waals surface area contributed by atoms with Crippen molar-refractivity contribution in [3.05, 3.63) is 24.3 Å². The van der Waals surface area contributed by atoms with Gasteiger partial charge in [-0.25, -0.2) is 0 Å². The molecule has 0 bridgehead atoms. The molecule has 0 radical (unpaired) electrons. The average molecular weight is 419 g/mol. The molecule has 1 aliphatic heterocycles. The maximum atomic E-state index is 12.4. The number of rotatable bonds is 6. The van der Waals surface area contributed by atoms with Crippen molar-refractivity contribution in [3.8, 4) is 0 Å². The quantitative estimate of drug-likeness (QED) is 0.524. The predicted octanol–water partition coefficient (Wildman–Crippen LogP) is 3.34. The number of esters is 1. The molecule has 29 heavy (non-hydrogen) atoms. The Hall–Kier alpha value is -2.02. The van der Waals surface area contributed by atoms with Crippen LogP contribution < -0.4 is 4.90 Å². The van der Waals surface area contributed by atoms with Crippen molar-refractivity contribution >= 4 is 35.2 Å². The summed E-state index contributed by atoms with van der Waals surface area (Å²) in [5, 5.41) is 0. The van der Waals surface area contributed by atoms with Crippen molar-refractivity contribution in [3.63, 3.8) is 0 Å². The van der Waals surface area contributed by atoms with Gasteiger partial charge in [0, 0.05) is 36.6 Å². The molecule has 1 aromatic carbocycles. The summed E-state index contributed by atoms with van der Waals surface area (Å²) in [6.45, 7) is 2.28. The summed E-state index contributed by atoms with van der Waals surface area (Å²) < 4.78 is 5.28. The van der Waals surface area contributed by atoms with Gasteiger partial charge >= 0.3 is 5.97 Å². The van der Waals surface area contributed by atoms with E-state index < -0.39 is 11.9 Å². The molecule has 0 N–H and O–H groups in total. The third-order valence-corrected chi connectivity index (χ3v) is 6.85. The molecule has 6 nitrogen and oxygen atoms in total. The van der Waals surface area contributed by atoms with Crippen molar-refractivity contribution < 1.29 is 19.1 Å². The third-order valence-electron chi connectivity index (χ3n) is 6.11. The second-order valence-corrected chi connectivity index (χ2v) is 9.01. The van der Waals surface area contributed by atoms with E-state index in [-0.39, 0.29) is 30.9 Å². The van der Waals surface area contributed by atoms with Gasteiger partial charge in [0.15, 0.2) is 6.61 Å². The van der Waals surface area contributed by atoms with Gasteiger partial charge in [-0.15, -0.1) is 11.8 Å². The number of ether oxygens (including phenoxy) is 1. The van der Waals surface area contributed by atoms with E-state index in [1.165, 1.54) is 0 Å². The first kappa shape index (κ1) is 21.7. The van der Waals surface area contributed by atoms with Gasteiger partial charge in [0.25, 0.3) is 5.91 Å². The first-order chi connectivity index (χ1) is 13.9. The van der Waals surface area contributed by atoms with Gasteiger partial charge < -0.3 is 14.5 Å². The molecule has 7 heteroatoms. The number of nitrogens with zero attached hydrogens (tertiary/aromatic N) is 2. The Morgan fingerprint density at radius 3 is 2.45 bits per heavy atom. The van der Waals surface area contributed by atoms with E-state index in [2.05, 4.69) is 6.92 Å². The Kier molecular flexibility index (Phi) is 7.22. The molecule has 1 saturated heterocycles. The van der Waals surface area contributed by atoms with E-state index in [0.717, 1.165) is 36.3 Å². The number of thioether (sulfide) groups is 1. The minimum atomic E-state index is -0.531. The summed E-state index contributed by atoms with van der Waals surface area (Å²) in [7, 11) is 1.79. The van der Waals surface area contributed by atoms with Gasteiger partial charge in [0.2, 0.25) is 5.91 Å². The second-order valence-electron chi connectivity index (χ2n) is 8.13. The lowest BCUT2D eigenvalue weighted by Crippen LogP contribution is -2.41. The predicted molar refractivity (Wildman–Crippen MR) is 114 cm³/mol. The Labute approximate surface area is 176 Å². The molecule has 158 valence electrons. The van der Waals surface area contributed by atoms with Gasteiger partial charge in [-0.2, -0.15) is 0 Å². The van der Waals surface area contributed by atoms with Crippen LogP contribution in [-0.4, -0.2) is 55.2 Å². The molecule has 1 heterocycles. The minimum absolute atomic E-state index is 0.0939. The maximum absolute atomic E-state index is 12.4. The number of carbonyl (C=O) groups is 3. The Balaban J connectivity index is 1.49. The number of anilines is 1. The van der Waals surface area contributed by atoms with Gasteiger partial charge in [-0.05, 0) is 62.1 Å². The van der Waals surface area contributed by atoms with E-state index >= 15 is 0 Å². The van der Waals surface area contributed by atoms with Crippen LogP contribution in [0.3, 0.4) is 0 Å². The van der Waals surface area contributed by atoms with Crippen LogP contribution in [0, 0.1) is 11.8 Å². The van der Waals surface area contributed by atoms with Gasteiger partial charge in [-0.1, -0.05) is 6.92 Å². The van der Waals surface area contributed by atoms with Crippen LogP contribution in [0.4, 0.5) is 5.69 Å². The number of likely N-dealkylation sites (N-methyl/N-ethyl adjacent to an activating group) is 1. The van der Waals surface area contributed by atoms with Crippen molar-refractivity contribution in [2.24, 2.45) is 11.8 Å². The van der Waals surface area contributed by atoms with Gasteiger partial charge in [0.05, 0.1) is 5.92 Å². The van der Waals surface area contributed by atoms with Gasteiger partial charge in [-0.3, -0.25) is 14.4 Å². The lowest BCUT2D eigenvalue weighted by molar-refractivity contribution is -0.155. The molecule has 1 unspecified atom stereocenters. The van der Waals surface area contributed by atoms with E-state index in [9.17, 15) is 14.4 Å². The largest absolute Gasteiger partial charge is 0.455 e. The van der Waals surface area contributed by atoms with Crippen LogP contribution in [0.25, 0.3) is 0 Å². The molecule has 0 spiro atoms. The Morgan fingerprint density at radius 2 is 1.83 bits per heavy atom. The summed E-state index contributed by atoms with van der Waals surface area (Å²) in [4.78, 5) is 41.7. The van der Waals surface area contributed by atoms with Crippen LogP contribution in [-0.2, 0) is 19.1 Å². The molecule has 0 aromatic heterocycles. The summed E-state index contributed by atoms with van der Waals surface area (Å²) in [5.41, 5.74) is 0.783. The summed E-state index contributed by atoms with van der Waals surface area (Å²) >= 11 is 1.63. The smallest absolute Gasteiger partial charge is 0.311 e. The lowest BCUT2D eigenvalue weighted by Gasteiger charge is -2.33. The zero-order chi connectivity index (χ0) is 21.0. The number of carbonyl (C=O) groups excluding carboxylic acids is 3. The van der Waals surface area contributed by atoms with Crippen molar-refractivity contribution in [2.75, 3.05) is 31.4 Å². The average Bonchev–Trinajstić information content (AvgIpc) is 3.13. The van der Waals surface area contributed by atoms with E-state index in [1.807, 2.05) is 30.5 Å². The van der Waals surface area contributed by atoms with Crippen LogP contribution in [0.2, 0.25) is 0 Å². The number of hydrogen-bond donors (Lipinski definition) is 0. The van der Waals surface area contributed by atoms with Crippen molar-refractivity contribution in [1.82, 2.24) is 4.90 Å². The normalized spacial score (nSPS) is 24.4. The highest BCUT2D eigenvalue weighted by Crippen LogP contribution is 2.28. The van der Waals surface area contributed by atoms with E-state index in [4.69, 9.17) is 4.74 Å². The molecular weight excluding hydrogens is 388 g/mol. The number of amides is 2. The van der Waals surface area contributed by atoms with Crippen molar-refractivity contribution in [1.29, 1.82) is 0 Å². The molecule has 1 aliphatic carbocycles. The van der Waals surface area contributed by atoms with Crippen LogP contribution in [0.5, 0.6) is 0 Å². The molecule has 2 aliphatic rings. The van der Waals surface area contributed by atoms with Gasteiger partial charge in [0.1, 0.15) is 0 Å². The topological polar surface area (TPSA) is 66.9 Å². The lowest BCUT2D eigenvalue weighted by atomic mass is 9.87. The standard InChI is InChI=1S/C22H30N2O4S/c1-15-4-6-17(7-5-15)23(2)21(26)14-28-22(27)16-12-20(25)24(13-16)18-8-10-19(29-3)11-9-18/h8-11,15-17H,4-7,12-14H2,1-3H3. The highest BCUT2D eigenvalue weighted by molar-refractivity contribution is 7.98. The monoisotopic (exact) mass is 418 g/mol. The Bertz CT molecular complexity index is 744. The molecule has 1 saturated carbocycles. The highest BCUT2D eigenvalue weighted by atomic mass is 32.2.